The first-order chi connectivity index (χ1) is 7.45. The van der Waals surface area contributed by atoms with Crippen molar-refractivity contribution >= 4 is 17.7 Å². The fourth-order valence-corrected chi connectivity index (χ4v) is 1.31. The molecule has 5 heteroatoms. The Labute approximate surface area is 93.3 Å². The number of benzene rings is 1. The van der Waals surface area contributed by atoms with Gasteiger partial charge in [0, 0.05) is 11.3 Å². The monoisotopic (exact) mass is 222 g/mol. The highest BCUT2D eigenvalue weighted by Crippen LogP contribution is 2.28. The zero-order valence-electron chi connectivity index (χ0n) is 9.15. The molecule has 0 aliphatic rings. The van der Waals surface area contributed by atoms with Gasteiger partial charge in [-0.1, -0.05) is 0 Å². The van der Waals surface area contributed by atoms with E-state index in [1.807, 2.05) is 0 Å². The molecule has 0 unspecified atom stereocenters. The minimum absolute atomic E-state index is 0.110. The number of carboxylic acids is 1. The van der Waals surface area contributed by atoms with Crippen LogP contribution in [0.15, 0.2) is 17.8 Å². The molecule has 0 radical (unpaired) electrons. The molecule has 1 rings (SSSR count). The normalized spacial score (nSPS) is 11.2. The van der Waals surface area contributed by atoms with E-state index in [0.717, 1.165) is 0 Å². The molecule has 0 fully saturated rings. The van der Waals surface area contributed by atoms with Gasteiger partial charge in [-0.3, -0.25) is 0 Å². The van der Waals surface area contributed by atoms with E-state index >= 15 is 0 Å². The number of hydrogen-bond acceptors (Lipinski definition) is 4. The van der Waals surface area contributed by atoms with Gasteiger partial charge in [0.2, 0.25) is 0 Å². The summed E-state index contributed by atoms with van der Waals surface area (Å²) in [6, 6.07) is 2.83. The van der Waals surface area contributed by atoms with Gasteiger partial charge >= 0.3 is 5.97 Å². The van der Waals surface area contributed by atoms with E-state index in [1.54, 1.807) is 13.0 Å². The van der Waals surface area contributed by atoms with Crippen molar-refractivity contribution in [2.24, 2.45) is 5.73 Å². The maximum Gasteiger partial charge on any atom is 0.335 e. The maximum atomic E-state index is 10.9. The van der Waals surface area contributed by atoms with Crippen LogP contribution in [0.1, 0.15) is 22.8 Å². The lowest BCUT2D eigenvalue weighted by Gasteiger charge is -2.09. The van der Waals surface area contributed by atoms with Gasteiger partial charge in [-0.25, -0.2) is 4.79 Å². The van der Waals surface area contributed by atoms with Gasteiger partial charge < -0.3 is 21.3 Å². The van der Waals surface area contributed by atoms with Crippen molar-refractivity contribution in [3.63, 3.8) is 0 Å². The molecule has 0 aliphatic heterocycles. The van der Waals surface area contributed by atoms with Gasteiger partial charge in [0.1, 0.15) is 5.75 Å². The molecule has 0 heterocycles. The summed E-state index contributed by atoms with van der Waals surface area (Å²) in [5.74, 6) is -0.713. The first kappa shape index (κ1) is 11.9. The summed E-state index contributed by atoms with van der Waals surface area (Å²) in [6.45, 7) is 1.69. The Bertz CT molecular complexity index is 449. The molecular weight excluding hydrogens is 208 g/mol. The molecule has 0 spiro atoms. The summed E-state index contributed by atoms with van der Waals surface area (Å²) < 4.78 is 5.00. The Balaban J connectivity index is 3.41. The molecule has 0 bridgehead atoms. The Kier molecular flexibility index (Phi) is 3.40. The number of aromatic carboxylic acids is 1. The van der Waals surface area contributed by atoms with E-state index in [0.29, 0.717) is 22.7 Å². The van der Waals surface area contributed by atoms with Crippen LogP contribution in [0, 0.1) is 0 Å². The molecule has 86 valence electrons. The second kappa shape index (κ2) is 4.57. The molecule has 0 amide bonds. The molecule has 5 nitrogen and oxygen atoms in total. The minimum Gasteiger partial charge on any atom is -0.495 e. The second-order valence-corrected chi connectivity index (χ2v) is 3.37. The van der Waals surface area contributed by atoms with Crippen molar-refractivity contribution in [2.75, 3.05) is 12.8 Å². The summed E-state index contributed by atoms with van der Waals surface area (Å²) >= 11 is 0. The third-order valence-electron chi connectivity index (χ3n) is 2.02. The van der Waals surface area contributed by atoms with Crippen LogP contribution in [0.3, 0.4) is 0 Å². The van der Waals surface area contributed by atoms with Gasteiger partial charge in [0.15, 0.2) is 0 Å². The number of nitrogens with two attached hydrogens (primary N) is 2. The van der Waals surface area contributed by atoms with Gasteiger partial charge in [0.05, 0.1) is 18.4 Å². The summed E-state index contributed by atoms with van der Waals surface area (Å²) in [5.41, 5.74) is 12.9. The average molecular weight is 222 g/mol. The lowest BCUT2D eigenvalue weighted by atomic mass is 10.1. The van der Waals surface area contributed by atoms with Crippen LogP contribution in [0.25, 0.3) is 6.08 Å². The average Bonchev–Trinajstić information content (AvgIpc) is 2.20. The van der Waals surface area contributed by atoms with Crippen LogP contribution >= 0.6 is 0 Å². The topological polar surface area (TPSA) is 98.6 Å². The fraction of sp³-hybridized carbons (Fsp3) is 0.182. The first-order valence-corrected chi connectivity index (χ1v) is 4.60. The molecule has 0 saturated heterocycles. The second-order valence-electron chi connectivity index (χ2n) is 3.37. The first-order valence-electron chi connectivity index (χ1n) is 4.60. The highest BCUT2D eigenvalue weighted by atomic mass is 16.5. The number of methoxy groups -OCH3 is 1. The summed E-state index contributed by atoms with van der Waals surface area (Å²) in [4.78, 5) is 10.9. The summed E-state index contributed by atoms with van der Waals surface area (Å²) in [5, 5.41) is 8.91. The predicted octanol–water partition coefficient (Wildman–Crippen LogP) is 1.30. The molecule has 0 atom stereocenters. The fourth-order valence-electron chi connectivity index (χ4n) is 1.31. The molecule has 16 heavy (non-hydrogen) atoms. The summed E-state index contributed by atoms with van der Waals surface area (Å²) in [6.07, 6.45) is 1.60. The summed E-state index contributed by atoms with van der Waals surface area (Å²) in [7, 11) is 1.43. The molecule has 0 saturated carbocycles. The van der Waals surface area contributed by atoms with E-state index in [4.69, 9.17) is 21.3 Å². The lowest BCUT2D eigenvalue weighted by Crippen LogP contribution is -2.03. The number of ether oxygens (including phenoxy) is 1. The molecule has 5 N–H and O–H groups in total. The van der Waals surface area contributed by atoms with Gasteiger partial charge in [0.25, 0.3) is 0 Å². The van der Waals surface area contributed by atoms with Crippen LogP contribution in [0.5, 0.6) is 5.75 Å². The number of anilines is 1. The smallest absolute Gasteiger partial charge is 0.335 e. The number of allylic oxidation sites excluding steroid dienone is 1. The third-order valence-corrected chi connectivity index (χ3v) is 2.02. The molecule has 1 aromatic rings. The van der Waals surface area contributed by atoms with Gasteiger partial charge in [-0.2, -0.15) is 0 Å². The van der Waals surface area contributed by atoms with E-state index in [2.05, 4.69) is 0 Å². The van der Waals surface area contributed by atoms with Crippen molar-refractivity contribution in [1.82, 2.24) is 0 Å². The quantitative estimate of drug-likeness (QED) is 0.669. The maximum absolute atomic E-state index is 10.9. The van der Waals surface area contributed by atoms with Crippen LogP contribution in [-0.2, 0) is 0 Å². The largest absolute Gasteiger partial charge is 0.495 e. The van der Waals surface area contributed by atoms with Crippen LogP contribution in [0.2, 0.25) is 0 Å². The number of nitrogen functional groups attached to an aromatic ring is 1. The third kappa shape index (κ3) is 2.44. The number of carboxylic acid groups (broad SMARTS) is 1. The Morgan fingerprint density at radius 3 is 2.56 bits per heavy atom. The van der Waals surface area contributed by atoms with Crippen molar-refractivity contribution in [2.45, 2.75) is 6.92 Å². The molecular formula is C11H14N2O3. The molecule has 0 aliphatic carbocycles. The van der Waals surface area contributed by atoms with E-state index in [9.17, 15) is 4.79 Å². The van der Waals surface area contributed by atoms with Gasteiger partial charge in [-0.15, -0.1) is 0 Å². The zero-order chi connectivity index (χ0) is 12.3. The van der Waals surface area contributed by atoms with E-state index < -0.39 is 5.97 Å². The van der Waals surface area contributed by atoms with Gasteiger partial charge in [-0.05, 0) is 25.1 Å². The number of hydrogen-bond donors (Lipinski definition) is 3. The van der Waals surface area contributed by atoms with Crippen molar-refractivity contribution in [3.8, 4) is 5.75 Å². The van der Waals surface area contributed by atoms with Crippen molar-refractivity contribution in [1.29, 1.82) is 0 Å². The van der Waals surface area contributed by atoms with Crippen LogP contribution in [0.4, 0.5) is 5.69 Å². The zero-order valence-corrected chi connectivity index (χ0v) is 9.15. The highest BCUT2D eigenvalue weighted by Gasteiger charge is 2.11. The van der Waals surface area contributed by atoms with E-state index in [-0.39, 0.29) is 5.56 Å². The van der Waals surface area contributed by atoms with Crippen LogP contribution in [-0.4, -0.2) is 18.2 Å². The minimum atomic E-state index is -1.04. The molecule has 1 aromatic carbocycles. The Morgan fingerprint density at radius 2 is 2.12 bits per heavy atom. The Morgan fingerprint density at radius 1 is 1.50 bits per heavy atom. The number of rotatable bonds is 3. The number of carbonyl (C=O) groups is 1. The molecule has 0 aromatic heterocycles. The predicted molar refractivity (Wildman–Crippen MR) is 62.2 cm³/mol. The van der Waals surface area contributed by atoms with Crippen molar-refractivity contribution < 1.29 is 14.6 Å². The highest BCUT2D eigenvalue weighted by molar-refractivity contribution is 5.91. The van der Waals surface area contributed by atoms with Crippen LogP contribution < -0.4 is 16.2 Å². The van der Waals surface area contributed by atoms with E-state index in [1.165, 1.54) is 19.2 Å². The Hall–Kier alpha value is -2.17. The van der Waals surface area contributed by atoms with Crippen molar-refractivity contribution in [3.05, 3.63) is 29.0 Å². The lowest BCUT2D eigenvalue weighted by molar-refractivity contribution is 0.0696. The SMILES string of the molecule is COc1cc(C(=O)O)cc(/C=C(/C)N)c1N. The standard InChI is InChI=1S/C11H14N2O3/c1-6(12)3-7-4-8(11(14)15)5-9(16-2)10(7)13/h3-5H,12-13H2,1-2H3,(H,14,15)/b6-3-.